The maximum atomic E-state index is 12.3. The van der Waals surface area contributed by atoms with Crippen LogP contribution in [0.3, 0.4) is 0 Å². The molecular weight excluding hydrogens is 331 g/mol. The van der Waals surface area contributed by atoms with Gasteiger partial charge in [0.2, 0.25) is 0 Å². The van der Waals surface area contributed by atoms with E-state index in [1.165, 1.54) is 6.07 Å². The molecule has 112 valence electrons. The molecule has 1 aromatic carbocycles. The molecule has 0 saturated carbocycles. The van der Waals surface area contributed by atoms with Crippen LogP contribution in [0, 0.1) is 6.92 Å². The number of benzene rings is 1. The van der Waals surface area contributed by atoms with Crippen molar-refractivity contribution in [2.24, 2.45) is 0 Å². The summed E-state index contributed by atoms with van der Waals surface area (Å²) in [7, 11) is -3.65. The van der Waals surface area contributed by atoms with Gasteiger partial charge in [-0.15, -0.1) is 11.6 Å². The van der Waals surface area contributed by atoms with Crippen molar-refractivity contribution in [2.75, 3.05) is 10.6 Å². The lowest BCUT2D eigenvalue weighted by Gasteiger charge is -2.10. The Morgan fingerprint density at radius 3 is 2.38 bits per heavy atom. The molecule has 0 radical (unpaired) electrons. The van der Waals surface area contributed by atoms with Gasteiger partial charge in [0.25, 0.3) is 10.0 Å². The number of halogens is 2. The second-order valence-corrected chi connectivity index (χ2v) is 6.90. The van der Waals surface area contributed by atoms with Gasteiger partial charge in [0.05, 0.1) is 16.3 Å². The fourth-order valence-electron chi connectivity index (χ4n) is 1.79. The van der Waals surface area contributed by atoms with E-state index >= 15 is 0 Å². The molecule has 1 N–H and O–H groups in total. The Balaban J connectivity index is 2.25. The SMILES string of the molecule is Cc1nc(Cl)ccc1NS(=O)(=O)c1ccc(CCCl)cc1. The van der Waals surface area contributed by atoms with Crippen LogP contribution in [0.1, 0.15) is 11.3 Å². The van der Waals surface area contributed by atoms with E-state index in [0.717, 1.165) is 5.56 Å². The highest BCUT2D eigenvalue weighted by Crippen LogP contribution is 2.20. The number of aryl methyl sites for hydroxylation is 2. The van der Waals surface area contributed by atoms with Gasteiger partial charge in [-0.1, -0.05) is 23.7 Å². The average molecular weight is 345 g/mol. The van der Waals surface area contributed by atoms with Crippen molar-refractivity contribution in [1.82, 2.24) is 4.98 Å². The second kappa shape index (κ2) is 6.64. The fraction of sp³-hybridized carbons (Fsp3) is 0.214. The zero-order chi connectivity index (χ0) is 15.5. The second-order valence-electron chi connectivity index (χ2n) is 4.46. The zero-order valence-electron chi connectivity index (χ0n) is 11.3. The lowest BCUT2D eigenvalue weighted by Crippen LogP contribution is -2.14. The number of anilines is 1. The predicted octanol–water partition coefficient (Wildman–Crippen LogP) is 3.63. The normalized spacial score (nSPS) is 11.4. The first-order valence-electron chi connectivity index (χ1n) is 6.23. The molecule has 1 heterocycles. The number of hydrogen-bond donors (Lipinski definition) is 1. The number of rotatable bonds is 5. The van der Waals surface area contributed by atoms with Crippen LogP contribution in [0.25, 0.3) is 0 Å². The van der Waals surface area contributed by atoms with Crippen molar-refractivity contribution in [2.45, 2.75) is 18.2 Å². The van der Waals surface area contributed by atoms with E-state index in [-0.39, 0.29) is 4.90 Å². The number of pyridine rings is 1. The van der Waals surface area contributed by atoms with Crippen LogP contribution in [0.4, 0.5) is 5.69 Å². The zero-order valence-corrected chi connectivity index (χ0v) is 13.6. The number of hydrogen-bond acceptors (Lipinski definition) is 3. The van der Waals surface area contributed by atoms with Crippen LogP contribution in [0.15, 0.2) is 41.3 Å². The van der Waals surface area contributed by atoms with E-state index in [9.17, 15) is 8.42 Å². The summed E-state index contributed by atoms with van der Waals surface area (Å²) in [6.45, 7) is 1.69. The van der Waals surface area contributed by atoms with Crippen LogP contribution < -0.4 is 4.72 Å². The molecule has 0 aliphatic carbocycles. The fourth-order valence-corrected chi connectivity index (χ4v) is 3.31. The summed E-state index contributed by atoms with van der Waals surface area (Å²) in [5.41, 5.74) is 1.92. The largest absolute Gasteiger partial charge is 0.278 e. The van der Waals surface area contributed by atoms with Gasteiger partial charge >= 0.3 is 0 Å². The van der Waals surface area contributed by atoms with E-state index < -0.39 is 10.0 Å². The first-order valence-corrected chi connectivity index (χ1v) is 8.63. The summed E-state index contributed by atoms with van der Waals surface area (Å²) >= 11 is 11.4. The standard InChI is InChI=1S/C14H14Cl2N2O2S/c1-10-13(6-7-14(16)17-10)18-21(19,20)12-4-2-11(3-5-12)8-9-15/h2-7,18H,8-9H2,1H3. The molecule has 4 nitrogen and oxygen atoms in total. The maximum Gasteiger partial charge on any atom is 0.261 e. The average Bonchev–Trinajstić information content (AvgIpc) is 2.43. The first-order chi connectivity index (χ1) is 9.92. The number of nitrogens with one attached hydrogen (secondary N) is 1. The molecule has 0 bridgehead atoms. The molecule has 0 amide bonds. The van der Waals surface area contributed by atoms with Gasteiger partial charge in [-0.05, 0) is 43.2 Å². The molecule has 21 heavy (non-hydrogen) atoms. The van der Waals surface area contributed by atoms with Crippen LogP contribution in [0.2, 0.25) is 5.15 Å². The van der Waals surface area contributed by atoms with Gasteiger partial charge in [-0.25, -0.2) is 13.4 Å². The minimum Gasteiger partial charge on any atom is -0.278 e. The van der Waals surface area contributed by atoms with Crippen LogP contribution in [-0.4, -0.2) is 19.3 Å². The predicted molar refractivity (Wildman–Crippen MR) is 85.7 cm³/mol. The molecular formula is C14H14Cl2N2O2S. The number of aromatic nitrogens is 1. The lowest BCUT2D eigenvalue weighted by atomic mass is 10.2. The van der Waals surface area contributed by atoms with Crippen LogP contribution in [0.5, 0.6) is 0 Å². The molecule has 2 rings (SSSR count). The molecule has 7 heteroatoms. The van der Waals surface area contributed by atoms with Crippen molar-refractivity contribution in [1.29, 1.82) is 0 Å². The summed E-state index contributed by atoms with van der Waals surface area (Å²) in [5, 5.41) is 0.320. The third kappa shape index (κ3) is 4.09. The van der Waals surface area contributed by atoms with Crippen molar-refractivity contribution < 1.29 is 8.42 Å². The van der Waals surface area contributed by atoms with E-state index in [1.54, 1.807) is 37.3 Å². The Kier molecular flexibility index (Phi) is 5.08. The van der Waals surface area contributed by atoms with Gasteiger partial charge < -0.3 is 0 Å². The van der Waals surface area contributed by atoms with E-state index in [0.29, 0.717) is 28.8 Å². The smallest absolute Gasteiger partial charge is 0.261 e. The number of sulfonamides is 1. The molecule has 2 aromatic rings. The van der Waals surface area contributed by atoms with E-state index in [4.69, 9.17) is 23.2 Å². The molecule has 0 aliphatic heterocycles. The monoisotopic (exact) mass is 344 g/mol. The highest BCUT2D eigenvalue weighted by molar-refractivity contribution is 7.92. The Hall–Kier alpha value is -1.30. The summed E-state index contributed by atoms with van der Waals surface area (Å²) in [5.74, 6) is 0.500. The maximum absolute atomic E-state index is 12.3. The molecule has 0 aliphatic rings. The van der Waals surface area contributed by atoms with E-state index in [1.807, 2.05) is 0 Å². The van der Waals surface area contributed by atoms with Crippen LogP contribution in [-0.2, 0) is 16.4 Å². The Bertz CT molecular complexity index is 731. The number of nitrogens with zero attached hydrogens (tertiary/aromatic N) is 1. The third-order valence-electron chi connectivity index (χ3n) is 2.91. The summed E-state index contributed by atoms with van der Waals surface area (Å²) in [6.07, 6.45) is 0.704. The molecule has 1 aromatic heterocycles. The molecule has 0 saturated heterocycles. The Labute approximate surface area is 134 Å². The first kappa shape index (κ1) is 16.1. The van der Waals surface area contributed by atoms with Crippen molar-refractivity contribution in [3.8, 4) is 0 Å². The van der Waals surface area contributed by atoms with Crippen molar-refractivity contribution >= 4 is 38.9 Å². The number of alkyl halides is 1. The minimum atomic E-state index is -3.65. The Morgan fingerprint density at radius 2 is 1.81 bits per heavy atom. The highest BCUT2D eigenvalue weighted by Gasteiger charge is 2.15. The summed E-state index contributed by atoms with van der Waals surface area (Å²) in [4.78, 5) is 4.20. The lowest BCUT2D eigenvalue weighted by molar-refractivity contribution is 0.601. The van der Waals surface area contributed by atoms with Crippen molar-refractivity contribution in [3.05, 3.63) is 52.8 Å². The molecule has 0 atom stereocenters. The topological polar surface area (TPSA) is 59.1 Å². The Morgan fingerprint density at radius 1 is 1.14 bits per heavy atom. The van der Waals surface area contributed by atoms with Gasteiger partial charge in [0.1, 0.15) is 5.15 Å². The van der Waals surface area contributed by atoms with Gasteiger partial charge in [-0.3, -0.25) is 4.72 Å². The minimum absolute atomic E-state index is 0.190. The van der Waals surface area contributed by atoms with Crippen LogP contribution >= 0.6 is 23.2 Å². The molecule has 0 unspecified atom stereocenters. The highest BCUT2D eigenvalue weighted by atomic mass is 35.5. The van der Waals surface area contributed by atoms with Crippen molar-refractivity contribution in [3.63, 3.8) is 0 Å². The summed E-state index contributed by atoms with van der Waals surface area (Å²) in [6, 6.07) is 9.75. The van der Waals surface area contributed by atoms with Gasteiger partial charge in [0, 0.05) is 5.88 Å². The summed E-state index contributed by atoms with van der Waals surface area (Å²) < 4.78 is 27.1. The van der Waals surface area contributed by atoms with Gasteiger partial charge in [-0.2, -0.15) is 0 Å². The quantitative estimate of drug-likeness (QED) is 0.665. The molecule has 0 spiro atoms. The third-order valence-corrected chi connectivity index (χ3v) is 4.69. The molecule has 0 fully saturated rings. The van der Waals surface area contributed by atoms with Gasteiger partial charge in [0.15, 0.2) is 0 Å². The van der Waals surface area contributed by atoms with E-state index in [2.05, 4.69) is 9.71 Å².